The van der Waals surface area contributed by atoms with Crippen molar-refractivity contribution in [3.63, 3.8) is 0 Å². The van der Waals surface area contributed by atoms with Gasteiger partial charge in [0, 0.05) is 10.1 Å². The standard InChI is InChI=1S/C17H18O3S/c1-19-13-8-7-12(9-14(13)20-2)17(18)16-10-11-5-3-4-6-15(11)21-16/h3-9,16-18H,10H2,1-2H3. The number of rotatable bonds is 4. The quantitative estimate of drug-likeness (QED) is 0.939. The lowest BCUT2D eigenvalue weighted by Crippen LogP contribution is -2.14. The van der Waals surface area contributed by atoms with E-state index >= 15 is 0 Å². The predicted octanol–water partition coefficient (Wildman–Crippen LogP) is 3.45. The number of hydrogen-bond donors (Lipinski definition) is 1. The van der Waals surface area contributed by atoms with Gasteiger partial charge in [-0.1, -0.05) is 24.3 Å². The van der Waals surface area contributed by atoms with Crippen molar-refractivity contribution in [1.29, 1.82) is 0 Å². The van der Waals surface area contributed by atoms with Crippen LogP contribution in [-0.4, -0.2) is 24.6 Å². The lowest BCUT2D eigenvalue weighted by molar-refractivity contribution is 0.174. The third-order valence-corrected chi connectivity index (χ3v) is 5.15. The molecule has 2 aromatic rings. The first-order valence-corrected chi connectivity index (χ1v) is 7.75. The SMILES string of the molecule is COc1ccc(C(O)C2Cc3ccccc3S2)cc1OC. The Labute approximate surface area is 128 Å². The molecule has 0 aromatic heterocycles. The second-order valence-corrected chi connectivity index (χ2v) is 6.31. The van der Waals surface area contributed by atoms with Crippen LogP contribution in [0.15, 0.2) is 47.4 Å². The van der Waals surface area contributed by atoms with Crippen molar-refractivity contribution in [3.05, 3.63) is 53.6 Å². The number of thioether (sulfide) groups is 1. The van der Waals surface area contributed by atoms with Gasteiger partial charge in [-0.15, -0.1) is 11.8 Å². The van der Waals surface area contributed by atoms with Gasteiger partial charge >= 0.3 is 0 Å². The summed E-state index contributed by atoms with van der Waals surface area (Å²) >= 11 is 1.74. The molecule has 1 aliphatic rings. The smallest absolute Gasteiger partial charge is 0.161 e. The van der Waals surface area contributed by atoms with Crippen LogP contribution in [-0.2, 0) is 6.42 Å². The van der Waals surface area contributed by atoms with E-state index in [0.717, 1.165) is 12.0 Å². The van der Waals surface area contributed by atoms with Crippen LogP contribution >= 0.6 is 11.8 Å². The molecule has 3 rings (SSSR count). The molecule has 0 aliphatic carbocycles. The Kier molecular flexibility index (Phi) is 4.08. The third-order valence-electron chi connectivity index (χ3n) is 3.77. The van der Waals surface area contributed by atoms with Crippen molar-refractivity contribution in [2.24, 2.45) is 0 Å². The molecule has 2 unspecified atom stereocenters. The fraction of sp³-hybridized carbons (Fsp3) is 0.294. The molecule has 2 atom stereocenters. The van der Waals surface area contributed by atoms with Gasteiger partial charge in [0.2, 0.25) is 0 Å². The fourth-order valence-electron chi connectivity index (χ4n) is 2.64. The number of benzene rings is 2. The van der Waals surface area contributed by atoms with E-state index in [9.17, 15) is 5.11 Å². The van der Waals surface area contributed by atoms with Crippen molar-refractivity contribution in [1.82, 2.24) is 0 Å². The molecule has 110 valence electrons. The molecule has 0 saturated carbocycles. The highest BCUT2D eigenvalue weighted by Crippen LogP contribution is 2.43. The minimum Gasteiger partial charge on any atom is -0.493 e. The Morgan fingerprint density at radius 1 is 1.10 bits per heavy atom. The average Bonchev–Trinajstić information content (AvgIpc) is 2.97. The van der Waals surface area contributed by atoms with Crippen LogP contribution in [0.3, 0.4) is 0 Å². The molecule has 0 radical (unpaired) electrons. The van der Waals surface area contributed by atoms with Crippen molar-refractivity contribution >= 4 is 11.8 Å². The van der Waals surface area contributed by atoms with E-state index in [2.05, 4.69) is 12.1 Å². The summed E-state index contributed by atoms with van der Waals surface area (Å²) in [6.07, 6.45) is 0.360. The summed E-state index contributed by atoms with van der Waals surface area (Å²) in [5.41, 5.74) is 2.17. The van der Waals surface area contributed by atoms with E-state index < -0.39 is 6.10 Å². The van der Waals surface area contributed by atoms with Gasteiger partial charge in [0.05, 0.1) is 20.3 Å². The van der Waals surface area contributed by atoms with Gasteiger partial charge < -0.3 is 14.6 Å². The maximum atomic E-state index is 10.7. The number of methoxy groups -OCH3 is 2. The predicted molar refractivity (Wildman–Crippen MR) is 84.3 cm³/mol. The number of hydrogen-bond acceptors (Lipinski definition) is 4. The Hall–Kier alpha value is -1.65. The molecule has 2 aromatic carbocycles. The molecule has 1 aliphatic heterocycles. The molecule has 0 saturated heterocycles. The monoisotopic (exact) mass is 302 g/mol. The Bertz CT molecular complexity index is 617. The minimum atomic E-state index is -0.526. The normalized spacial score (nSPS) is 18.1. The van der Waals surface area contributed by atoms with E-state index in [4.69, 9.17) is 9.47 Å². The maximum absolute atomic E-state index is 10.7. The minimum absolute atomic E-state index is 0.139. The summed E-state index contributed by atoms with van der Waals surface area (Å²) < 4.78 is 10.5. The molecule has 0 spiro atoms. The summed E-state index contributed by atoms with van der Waals surface area (Å²) in [6, 6.07) is 13.9. The molecule has 21 heavy (non-hydrogen) atoms. The van der Waals surface area contributed by atoms with Crippen LogP contribution < -0.4 is 9.47 Å². The van der Waals surface area contributed by atoms with E-state index in [-0.39, 0.29) is 5.25 Å². The van der Waals surface area contributed by atoms with Crippen molar-refractivity contribution in [3.8, 4) is 11.5 Å². The lowest BCUT2D eigenvalue weighted by atomic mass is 10.0. The van der Waals surface area contributed by atoms with Crippen LogP contribution in [0, 0.1) is 0 Å². The van der Waals surface area contributed by atoms with Gasteiger partial charge in [-0.3, -0.25) is 0 Å². The molecular formula is C17H18O3S. The van der Waals surface area contributed by atoms with E-state index in [1.54, 1.807) is 26.0 Å². The summed E-state index contributed by atoms with van der Waals surface area (Å²) in [7, 11) is 3.21. The van der Waals surface area contributed by atoms with Crippen molar-refractivity contribution in [2.75, 3.05) is 14.2 Å². The summed E-state index contributed by atoms with van der Waals surface area (Å²) in [5.74, 6) is 1.32. The summed E-state index contributed by atoms with van der Waals surface area (Å²) in [5, 5.41) is 10.8. The van der Waals surface area contributed by atoms with E-state index in [0.29, 0.717) is 11.5 Å². The summed E-state index contributed by atoms with van der Waals surface area (Å²) in [6.45, 7) is 0. The van der Waals surface area contributed by atoms with E-state index in [1.165, 1.54) is 10.5 Å². The average molecular weight is 302 g/mol. The number of ether oxygens (including phenoxy) is 2. The van der Waals surface area contributed by atoms with Crippen LogP contribution in [0.4, 0.5) is 0 Å². The first kappa shape index (κ1) is 14.3. The van der Waals surface area contributed by atoms with Crippen LogP contribution in [0.2, 0.25) is 0 Å². The van der Waals surface area contributed by atoms with E-state index in [1.807, 2.05) is 30.3 Å². The molecule has 0 amide bonds. The highest BCUT2D eigenvalue weighted by molar-refractivity contribution is 8.00. The zero-order valence-electron chi connectivity index (χ0n) is 12.1. The number of fused-ring (bicyclic) bond motifs is 1. The Morgan fingerprint density at radius 3 is 2.57 bits per heavy atom. The Morgan fingerprint density at radius 2 is 1.86 bits per heavy atom. The Balaban J connectivity index is 1.82. The maximum Gasteiger partial charge on any atom is 0.161 e. The molecule has 4 heteroatoms. The van der Waals surface area contributed by atoms with Crippen LogP contribution in [0.1, 0.15) is 17.2 Å². The highest BCUT2D eigenvalue weighted by Gasteiger charge is 2.29. The topological polar surface area (TPSA) is 38.7 Å². The molecule has 3 nitrogen and oxygen atoms in total. The number of aliphatic hydroxyl groups excluding tert-OH is 1. The van der Waals surface area contributed by atoms with Gasteiger partial charge in [0.25, 0.3) is 0 Å². The van der Waals surface area contributed by atoms with Crippen LogP contribution in [0.5, 0.6) is 11.5 Å². The molecule has 1 heterocycles. The molecule has 0 bridgehead atoms. The van der Waals surface area contributed by atoms with Gasteiger partial charge in [0.15, 0.2) is 11.5 Å². The van der Waals surface area contributed by atoms with Gasteiger partial charge in [0.1, 0.15) is 0 Å². The number of aliphatic hydroxyl groups is 1. The lowest BCUT2D eigenvalue weighted by Gasteiger charge is -2.19. The van der Waals surface area contributed by atoms with Crippen LogP contribution in [0.25, 0.3) is 0 Å². The third kappa shape index (κ3) is 2.74. The largest absolute Gasteiger partial charge is 0.493 e. The zero-order valence-corrected chi connectivity index (χ0v) is 12.9. The molecular weight excluding hydrogens is 284 g/mol. The van der Waals surface area contributed by atoms with Gasteiger partial charge in [-0.2, -0.15) is 0 Å². The van der Waals surface area contributed by atoms with Crippen molar-refractivity contribution in [2.45, 2.75) is 22.7 Å². The summed E-state index contributed by atoms with van der Waals surface area (Å²) in [4.78, 5) is 1.27. The van der Waals surface area contributed by atoms with Gasteiger partial charge in [-0.25, -0.2) is 0 Å². The second kappa shape index (κ2) is 6.00. The molecule has 0 fully saturated rings. The zero-order chi connectivity index (χ0) is 14.8. The second-order valence-electron chi connectivity index (χ2n) is 5.03. The highest BCUT2D eigenvalue weighted by atomic mass is 32.2. The van der Waals surface area contributed by atoms with Gasteiger partial charge in [-0.05, 0) is 35.7 Å². The fourth-order valence-corrected chi connectivity index (χ4v) is 3.97. The first-order valence-electron chi connectivity index (χ1n) is 6.87. The van der Waals surface area contributed by atoms with Crippen molar-refractivity contribution < 1.29 is 14.6 Å². The molecule has 1 N–H and O–H groups in total. The first-order chi connectivity index (χ1) is 10.2.